The van der Waals surface area contributed by atoms with E-state index >= 15 is 0 Å². The molecule has 2 heterocycles. The third-order valence-electron chi connectivity index (χ3n) is 3.44. The lowest BCUT2D eigenvalue weighted by molar-refractivity contribution is -0.142. The number of hydrogen-bond acceptors (Lipinski definition) is 3. The molecule has 3 aromatic rings. The summed E-state index contributed by atoms with van der Waals surface area (Å²) in [5.41, 5.74) is 1.01. The molecule has 0 atom stereocenters. The van der Waals surface area contributed by atoms with E-state index in [1.807, 2.05) is 6.07 Å². The number of hydrogen-bond donors (Lipinski definition) is 1. The molecule has 132 valence electrons. The Hall–Kier alpha value is -2.55. The summed E-state index contributed by atoms with van der Waals surface area (Å²) in [5, 5.41) is 11.6. The Bertz CT molecular complexity index is 902. The minimum absolute atomic E-state index is 0.105. The lowest BCUT2D eigenvalue weighted by Gasteiger charge is -2.06. The molecule has 0 fully saturated rings. The van der Waals surface area contributed by atoms with Crippen molar-refractivity contribution in [1.29, 1.82) is 0 Å². The molecule has 0 aliphatic rings. The van der Waals surface area contributed by atoms with Gasteiger partial charge in [0.15, 0.2) is 0 Å². The first-order valence-electron chi connectivity index (χ1n) is 7.31. The van der Waals surface area contributed by atoms with Gasteiger partial charge in [0.05, 0.1) is 35.2 Å². The van der Waals surface area contributed by atoms with Crippen molar-refractivity contribution in [1.82, 2.24) is 19.6 Å². The van der Waals surface area contributed by atoms with Gasteiger partial charge in [-0.2, -0.15) is 23.4 Å². The smallest absolute Gasteiger partial charge is 0.323 e. The number of halogens is 4. The highest BCUT2D eigenvalue weighted by Gasteiger charge is 2.28. The molecule has 1 N–H and O–H groups in total. The molecule has 3 rings (SSSR count). The molecule has 25 heavy (non-hydrogen) atoms. The SMILES string of the molecule is O=C(CCn1ncc2c(Cl)cccc21)Nc1cnn(CC(F)(F)F)c1. The fourth-order valence-corrected chi connectivity index (χ4v) is 2.59. The van der Waals surface area contributed by atoms with Crippen LogP contribution >= 0.6 is 11.6 Å². The van der Waals surface area contributed by atoms with Gasteiger partial charge in [0.2, 0.25) is 5.91 Å². The molecule has 1 aromatic carbocycles. The Labute approximate surface area is 145 Å². The minimum atomic E-state index is -4.37. The second-order valence-corrected chi connectivity index (χ2v) is 5.79. The van der Waals surface area contributed by atoms with E-state index in [0.717, 1.165) is 21.8 Å². The van der Waals surface area contributed by atoms with Crippen molar-refractivity contribution < 1.29 is 18.0 Å². The average molecular weight is 372 g/mol. The van der Waals surface area contributed by atoms with Crippen molar-refractivity contribution in [2.45, 2.75) is 25.7 Å². The number of nitrogens with one attached hydrogen (secondary N) is 1. The van der Waals surface area contributed by atoms with Gasteiger partial charge in [-0.1, -0.05) is 17.7 Å². The van der Waals surface area contributed by atoms with E-state index in [9.17, 15) is 18.0 Å². The van der Waals surface area contributed by atoms with E-state index in [2.05, 4.69) is 15.5 Å². The number of amides is 1. The number of carbonyl (C=O) groups excluding carboxylic acids is 1. The average Bonchev–Trinajstić information content (AvgIpc) is 3.11. The maximum atomic E-state index is 12.3. The predicted molar refractivity (Wildman–Crippen MR) is 86.3 cm³/mol. The maximum Gasteiger partial charge on any atom is 0.408 e. The first kappa shape index (κ1) is 17.3. The summed E-state index contributed by atoms with van der Waals surface area (Å²) in [6.07, 6.45) is -0.332. The van der Waals surface area contributed by atoms with Gasteiger partial charge >= 0.3 is 6.18 Å². The molecule has 0 unspecified atom stereocenters. The summed E-state index contributed by atoms with van der Waals surface area (Å²) in [4.78, 5) is 12.0. The van der Waals surface area contributed by atoms with Crippen LogP contribution in [0.2, 0.25) is 5.02 Å². The first-order valence-corrected chi connectivity index (χ1v) is 7.69. The van der Waals surface area contributed by atoms with Crippen LogP contribution < -0.4 is 5.32 Å². The Morgan fingerprint density at radius 3 is 2.80 bits per heavy atom. The molecule has 2 aromatic heterocycles. The van der Waals surface area contributed by atoms with Crippen LogP contribution in [0.1, 0.15) is 6.42 Å². The van der Waals surface area contributed by atoms with Gasteiger partial charge in [0.25, 0.3) is 0 Å². The van der Waals surface area contributed by atoms with Crippen molar-refractivity contribution in [3.8, 4) is 0 Å². The molecule has 6 nitrogen and oxygen atoms in total. The van der Waals surface area contributed by atoms with Gasteiger partial charge in [-0.25, -0.2) is 0 Å². The maximum absolute atomic E-state index is 12.3. The Morgan fingerprint density at radius 1 is 1.24 bits per heavy atom. The van der Waals surface area contributed by atoms with E-state index in [1.165, 1.54) is 6.20 Å². The van der Waals surface area contributed by atoms with Gasteiger partial charge in [0.1, 0.15) is 6.54 Å². The Morgan fingerprint density at radius 2 is 2.04 bits per heavy atom. The monoisotopic (exact) mass is 371 g/mol. The molecule has 0 spiro atoms. The lowest BCUT2D eigenvalue weighted by Crippen LogP contribution is -2.18. The van der Waals surface area contributed by atoms with Crippen LogP contribution in [0, 0.1) is 0 Å². The Balaban J connectivity index is 1.58. The molecule has 0 saturated carbocycles. The lowest BCUT2D eigenvalue weighted by atomic mass is 10.2. The first-order chi connectivity index (χ1) is 11.8. The van der Waals surface area contributed by atoms with Crippen LogP contribution in [0.5, 0.6) is 0 Å². The van der Waals surface area contributed by atoms with E-state index in [1.54, 1.807) is 23.0 Å². The van der Waals surface area contributed by atoms with E-state index < -0.39 is 12.7 Å². The minimum Gasteiger partial charge on any atom is -0.323 e. The zero-order valence-corrected chi connectivity index (χ0v) is 13.6. The van der Waals surface area contributed by atoms with Gasteiger partial charge in [0, 0.05) is 18.0 Å². The standard InChI is InChI=1S/C15H13ClF3N5O/c16-12-2-1-3-13-11(12)7-21-24(13)5-4-14(25)22-10-6-20-23(8-10)9-15(17,18)19/h1-3,6-8H,4-5,9H2,(H,22,25). The summed E-state index contributed by atoms with van der Waals surface area (Å²) >= 11 is 6.07. The topological polar surface area (TPSA) is 64.7 Å². The Kier molecular flexibility index (Phi) is 4.67. The van der Waals surface area contributed by atoms with Crippen LogP contribution in [0.15, 0.2) is 36.8 Å². The molecular formula is C15H13ClF3N5O. The fraction of sp³-hybridized carbons (Fsp3) is 0.267. The number of anilines is 1. The van der Waals surface area contributed by atoms with Crippen molar-refractivity contribution in [2.24, 2.45) is 0 Å². The third kappa shape index (κ3) is 4.30. The molecule has 10 heteroatoms. The molecule has 0 bridgehead atoms. The van der Waals surface area contributed by atoms with Gasteiger partial charge in [-0.3, -0.25) is 14.2 Å². The van der Waals surface area contributed by atoms with Crippen molar-refractivity contribution in [3.63, 3.8) is 0 Å². The number of aryl methyl sites for hydroxylation is 1. The molecule has 0 aliphatic carbocycles. The highest BCUT2D eigenvalue weighted by Crippen LogP contribution is 2.23. The quantitative estimate of drug-likeness (QED) is 0.746. The number of rotatable bonds is 5. The summed E-state index contributed by atoms with van der Waals surface area (Å²) in [6.45, 7) is -0.894. The summed E-state index contributed by atoms with van der Waals surface area (Å²) in [5.74, 6) is -0.350. The van der Waals surface area contributed by atoms with Crippen molar-refractivity contribution in [2.75, 3.05) is 5.32 Å². The van der Waals surface area contributed by atoms with E-state index in [0.29, 0.717) is 11.6 Å². The number of fused-ring (bicyclic) bond motifs is 1. The highest BCUT2D eigenvalue weighted by molar-refractivity contribution is 6.35. The normalized spacial score (nSPS) is 11.8. The van der Waals surface area contributed by atoms with Crippen LogP contribution in [0.4, 0.5) is 18.9 Å². The summed E-state index contributed by atoms with van der Waals surface area (Å²) in [6, 6.07) is 5.38. The van der Waals surface area contributed by atoms with E-state index in [-0.39, 0.29) is 18.0 Å². The molecule has 0 saturated heterocycles. The van der Waals surface area contributed by atoms with Gasteiger partial charge < -0.3 is 5.32 Å². The second kappa shape index (κ2) is 6.75. The van der Waals surface area contributed by atoms with Crippen LogP contribution in [-0.4, -0.2) is 31.6 Å². The number of nitrogens with zero attached hydrogens (tertiary/aromatic N) is 4. The fourth-order valence-electron chi connectivity index (χ4n) is 2.38. The second-order valence-electron chi connectivity index (χ2n) is 5.38. The zero-order chi connectivity index (χ0) is 18.0. The van der Waals surface area contributed by atoms with Crippen LogP contribution in [-0.2, 0) is 17.9 Å². The van der Waals surface area contributed by atoms with Crippen LogP contribution in [0.25, 0.3) is 10.9 Å². The summed E-state index contributed by atoms with van der Waals surface area (Å²) in [7, 11) is 0. The highest BCUT2D eigenvalue weighted by atomic mass is 35.5. The number of alkyl halides is 3. The number of carbonyl (C=O) groups is 1. The van der Waals surface area contributed by atoms with Crippen molar-refractivity contribution >= 4 is 34.1 Å². The van der Waals surface area contributed by atoms with Gasteiger partial charge in [-0.05, 0) is 12.1 Å². The number of benzene rings is 1. The molecular weight excluding hydrogens is 359 g/mol. The molecule has 0 aliphatic heterocycles. The van der Waals surface area contributed by atoms with Crippen molar-refractivity contribution in [3.05, 3.63) is 41.8 Å². The summed E-state index contributed by atoms with van der Waals surface area (Å²) < 4.78 is 39.2. The predicted octanol–water partition coefficient (Wildman–Crippen LogP) is 3.48. The van der Waals surface area contributed by atoms with E-state index in [4.69, 9.17) is 11.6 Å². The van der Waals surface area contributed by atoms with Crippen LogP contribution in [0.3, 0.4) is 0 Å². The zero-order valence-electron chi connectivity index (χ0n) is 12.8. The molecule has 1 amide bonds. The molecule has 0 radical (unpaired) electrons. The largest absolute Gasteiger partial charge is 0.408 e. The van der Waals surface area contributed by atoms with Gasteiger partial charge in [-0.15, -0.1) is 0 Å². The number of aromatic nitrogens is 4. The third-order valence-corrected chi connectivity index (χ3v) is 3.77.